The van der Waals surface area contributed by atoms with E-state index in [1.54, 1.807) is 30.3 Å². The number of para-hydroxylation sites is 1. The predicted octanol–water partition coefficient (Wildman–Crippen LogP) is 2.88. The zero-order valence-corrected chi connectivity index (χ0v) is 14.5. The van der Waals surface area contributed by atoms with Crippen molar-refractivity contribution in [1.82, 2.24) is 0 Å². The number of rotatable bonds is 8. The number of ether oxygens (including phenoxy) is 2. The summed E-state index contributed by atoms with van der Waals surface area (Å²) in [6.07, 6.45) is 1.10. The zero-order valence-electron chi connectivity index (χ0n) is 14.5. The van der Waals surface area contributed by atoms with Crippen LogP contribution in [-0.4, -0.2) is 25.1 Å². The summed E-state index contributed by atoms with van der Waals surface area (Å²) in [6.45, 7) is 1.35. The first kappa shape index (κ1) is 19.0. The zero-order chi connectivity index (χ0) is 18.8. The molecule has 0 fully saturated rings. The molecule has 2 rings (SSSR count). The van der Waals surface area contributed by atoms with Gasteiger partial charge in [0.15, 0.2) is 13.2 Å². The van der Waals surface area contributed by atoms with Crippen molar-refractivity contribution in [3.63, 3.8) is 0 Å². The molecular formula is C20H20N2O4. The van der Waals surface area contributed by atoms with E-state index in [1.807, 2.05) is 25.1 Å². The fourth-order valence-corrected chi connectivity index (χ4v) is 2.26. The number of hydrogen-bond donors (Lipinski definition) is 1. The molecule has 0 aliphatic carbocycles. The molecule has 0 radical (unpaired) electrons. The van der Waals surface area contributed by atoms with Gasteiger partial charge >= 0.3 is 5.97 Å². The van der Waals surface area contributed by atoms with Gasteiger partial charge in [-0.25, -0.2) is 4.79 Å². The number of nitrogens with zero attached hydrogens (tertiary/aromatic N) is 1. The molecular weight excluding hydrogens is 332 g/mol. The molecule has 0 saturated carbocycles. The quantitative estimate of drug-likeness (QED) is 0.738. The number of anilines is 1. The first-order valence-corrected chi connectivity index (χ1v) is 8.24. The van der Waals surface area contributed by atoms with Gasteiger partial charge in [-0.05, 0) is 35.7 Å². The number of benzene rings is 2. The number of carbonyl (C=O) groups is 2. The van der Waals surface area contributed by atoms with Crippen molar-refractivity contribution in [2.45, 2.75) is 19.8 Å². The van der Waals surface area contributed by atoms with Crippen LogP contribution in [0.2, 0.25) is 0 Å². The highest BCUT2D eigenvalue weighted by molar-refractivity contribution is 5.92. The van der Waals surface area contributed by atoms with Crippen molar-refractivity contribution < 1.29 is 19.1 Å². The number of carbonyl (C=O) groups excluding carboxylic acids is 2. The first-order valence-electron chi connectivity index (χ1n) is 8.24. The Hall–Kier alpha value is -3.33. The van der Waals surface area contributed by atoms with E-state index in [1.165, 1.54) is 0 Å². The smallest absolute Gasteiger partial charge is 0.344 e. The van der Waals surface area contributed by atoms with Crippen molar-refractivity contribution in [1.29, 1.82) is 5.26 Å². The van der Waals surface area contributed by atoms with Crippen molar-refractivity contribution in [2.24, 2.45) is 0 Å². The molecule has 134 valence electrons. The van der Waals surface area contributed by atoms with Crippen LogP contribution in [0.4, 0.5) is 5.69 Å². The topological polar surface area (TPSA) is 88.4 Å². The lowest BCUT2D eigenvalue weighted by atomic mass is 10.1. The maximum Gasteiger partial charge on any atom is 0.344 e. The SMILES string of the molecule is CCc1ccccc1OCC(=O)OCC(=O)Nc1ccc(CC#N)cc1. The van der Waals surface area contributed by atoms with E-state index < -0.39 is 18.5 Å². The Morgan fingerprint density at radius 2 is 1.81 bits per heavy atom. The molecule has 0 heterocycles. The molecule has 0 aliphatic rings. The van der Waals surface area contributed by atoms with Crippen molar-refractivity contribution in [3.05, 3.63) is 59.7 Å². The van der Waals surface area contributed by atoms with Crippen LogP contribution >= 0.6 is 0 Å². The molecule has 26 heavy (non-hydrogen) atoms. The molecule has 0 bridgehead atoms. The standard InChI is InChI=1S/C20H20N2O4/c1-2-16-5-3-4-6-18(16)25-14-20(24)26-13-19(23)22-17-9-7-15(8-10-17)11-12-21/h3-10H,2,11,13-14H2,1H3,(H,22,23). The molecule has 1 amide bonds. The van der Waals surface area contributed by atoms with Gasteiger partial charge in [-0.2, -0.15) is 5.26 Å². The van der Waals surface area contributed by atoms with Crippen molar-refractivity contribution in [3.8, 4) is 11.8 Å². The minimum Gasteiger partial charge on any atom is -0.482 e. The van der Waals surface area contributed by atoms with Crippen LogP contribution in [0.15, 0.2) is 48.5 Å². The molecule has 0 aromatic heterocycles. The molecule has 0 saturated heterocycles. The summed E-state index contributed by atoms with van der Waals surface area (Å²) in [5.74, 6) is -0.426. The highest BCUT2D eigenvalue weighted by Crippen LogP contribution is 2.18. The maximum absolute atomic E-state index is 11.8. The lowest BCUT2D eigenvalue weighted by Gasteiger charge is -2.10. The summed E-state index contributed by atoms with van der Waals surface area (Å²) < 4.78 is 10.4. The highest BCUT2D eigenvalue weighted by atomic mass is 16.6. The van der Waals surface area contributed by atoms with Gasteiger partial charge in [-0.3, -0.25) is 4.79 Å². The summed E-state index contributed by atoms with van der Waals surface area (Å²) in [5, 5.41) is 11.2. The summed E-state index contributed by atoms with van der Waals surface area (Å²) >= 11 is 0. The number of aryl methyl sites for hydroxylation is 1. The van der Waals surface area contributed by atoms with E-state index in [-0.39, 0.29) is 6.61 Å². The van der Waals surface area contributed by atoms with Crippen LogP contribution in [-0.2, 0) is 27.2 Å². The second kappa shape index (κ2) is 9.84. The van der Waals surface area contributed by atoms with E-state index in [2.05, 4.69) is 11.4 Å². The van der Waals surface area contributed by atoms with Crippen molar-refractivity contribution in [2.75, 3.05) is 18.5 Å². The van der Waals surface area contributed by atoms with Gasteiger partial charge in [0.1, 0.15) is 5.75 Å². The predicted molar refractivity (Wildman–Crippen MR) is 96.7 cm³/mol. The normalized spacial score (nSPS) is 9.85. The Balaban J connectivity index is 1.74. The van der Waals surface area contributed by atoms with Gasteiger partial charge < -0.3 is 14.8 Å². The van der Waals surface area contributed by atoms with E-state index in [9.17, 15) is 9.59 Å². The largest absolute Gasteiger partial charge is 0.482 e. The Morgan fingerprint density at radius 3 is 2.50 bits per heavy atom. The fraction of sp³-hybridized carbons (Fsp3) is 0.250. The second-order valence-electron chi connectivity index (χ2n) is 5.49. The van der Waals surface area contributed by atoms with Gasteiger partial charge in [0.25, 0.3) is 5.91 Å². The van der Waals surface area contributed by atoms with Crippen LogP contribution in [0.5, 0.6) is 5.75 Å². The minimum atomic E-state index is -0.615. The van der Waals surface area contributed by atoms with Gasteiger partial charge in [0.05, 0.1) is 12.5 Å². The molecule has 2 aromatic rings. The highest BCUT2D eigenvalue weighted by Gasteiger charge is 2.10. The monoisotopic (exact) mass is 352 g/mol. The molecule has 6 nitrogen and oxygen atoms in total. The fourth-order valence-electron chi connectivity index (χ4n) is 2.26. The number of hydrogen-bond acceptors (Lipinski definition) is 5. The molecule has 0 spiro atoms. The van der Waals surface area contributed by atoms with Crippen LogP contribution in [0.3, 0.4) is 0 Å². The van der Waals surface area contributed by atoms with Gasteiger partial charge in [0, 0.05) is 5.69 Å². The number of nitrogens with one attached hydrogen (secondary N) is 1. The van der Waals surface area contributed by atoms with E-state index in [0.717, 1.165) is 17.5 Å². The molecule has 1 N–H and O–H groups in total. The van der Waals surface area contributed by atoms with Gasteiger partial charge in [-0.1, -0.05) is 37.3 Å². The third-order valence-corrected chi connectivity index (χ3v) is 3.58. The maximum atomic E-state index is 11.8. The van der Waals surface area contributed by atoms with Crippen LogP contribution < -0.4 is 10.1 Å². The van der Waals surface area contributed by atoms with E-state index >= 15 is 0 Å². The summed E-state index contributed by atoms with van der Waals surface area (Å²) in [5.41, 5.74) is 2.43. The number of amides is 1. The average Bonchev–Trinajstić information content (AvgIpc) is 2.66. The Kier molecular flexibility index (Phi) is 7.19. The van der Waals surface area contributed by atoms with Crippen LogP contribution in [0.25, 0.3) is 0 Å². The molecule has 2 aromatic carbocycles. The Morgan fingerprint density at radius 1 is 1.08 bits per heavy atom. The Labute approximate surface area is 152 Å². The first-order chi connectivity index (χ1) is 12.6. The summed E-state index contributed by atoms with van der Waals surface area (Å²) in [6, 6.07) is 16.4. The lowest BCUT2D eigenvalue weighted by molar-refractivity contribution is -0.149. The summed E-state index contributed by atoms with van der Waals surface area (Å²) in [7, 11) is 0. The number of nitriles is 1. The third-order valence-electron chi connectivity index (χ3n) is 3.58. The van der Waals surface area contributed by atoms with E-state index in [4.69, 9.17) is 14.7 Å². The Bertz CT molecular complexity index is 794. The average molecular weight is 352 g/mol. The molecule has 6 heteroatoms. The van der Waals surface area contributed by atoms with Crippen LogP contribution in [0.1, 0.15) is 18.1 Å². The third kappa shape index (κ3) is 5.95. The summed E-state index contributed by atoms with van der Waals surface area (Å²) in [4.78, 5) is 23.6. The molecule has 0 unspecified atom stereocenters. The van der Waals surface area contributed by atoms with Crippen molar-refractivity contribution >= 4 is 17.6 Å². The van der Waals surface area contributed by atoms with E-state index in [0.29, 0.717) is 17.9 Å². The van der Waals surface area contributed by atoms with Crippen LogP contribution in [0, 0.1) is 11.3 Å². The molecule has 0 atom stereocenters. The lowest BCUT2D eigenvalue weighted by Crippen LogP contribution is -2.23. The van der Waals surface area contributed by atoms with Gasteiger partial charge in [-0.15, -0.1) is 0 Å². The van der Waals surface area contributed by atoms with Gasteiger partial charge in [0.2, 0.25) is 0 Å². The second-order valence-corrected chi connectivity index (χ2v) is 5.49. The molecule has 0 aliphatic heterocycles. The number of esters is 1. The minimum absolute atomic E-state index is 0.257.